The molecule has 6 heterocycles. The van der Waals surface area contributed by atoms with Gasteiger partial charge in [0.2, 0.25) is 11.8 Å². The number of aromatic amines is 2. The lowest BCUT2D eigenvalue weighted by Crippen LogP contribution is -2.51. The summed E-state index contributed by atoms with van der Waals surface area (Å²) in [6.45, 7) is 9.60. The number of anilines is 2. The van der Waals surface area contributed by atoms with Gasteiger partial charge in [0.15, 0.2) is 11.6 Å². The van der Waals surface area contributed by atoms with E-state index >= 15 is 17.6 Å². The number of nitrogens with zero attached hydrogens (tertiary/aromatic N) is 6. The second-order valence-corrected chi connectivity index (χ2v) is 21.8. The number of alkyl carbamates (subject to hydrolysis) is 1. The Morgan fingerprint density at radius 1 is 0.707 bits per heavy atom. The maximum atomic E-state index is 16.9. The van der Waals surface area contributed by atoms with E-state index in [-0.39, 0.29) is 52.2 Å². The van der Waals surface area contributed by atoms with Crippen molar-refractivity contribution in [3.63, 3.8) is 0 Å². The Hall–Kier alpha value is -6.65. The smallest absolute Gasteiger partial charge is 0.407 e. The Morgan fingerprint density at radius 2 is 1.27 bits per heavy atom. The number of methoxy groups -OCH3 is 1. The van der Waals surface area contributed by atoms with Gasteiger partial charge < -0.3 is 39.6 Å². The first-order chi connectivity index (χ1) is 36.1. The Kier molecular flexibility index (Phi) is 15.1. The number of piperidine rings is 1. The maximum Gasteiger partial charge on any atom is 0.407 e. The summed E-state index contributed by atoms with van der Waals surface area (Å²) < 4.78 is 72.2. The fourth-order valence-electron chi connectivity index (χ4n) is 12.3. The van der Waals surface area contributed by atoms with Crippen LogP contribution in [0.15, 0.2) is 66.7 Å². The Bertz CT molecular complexity index is 3020. The van der Waals surface area contributed by atoms with Gasteiger partial charge in [-0.3, -0.25) is 9.59 Å². The molecule has 0 aliphatic carbocycles. The van der Waals surface area contributed by atoms with Gasteiger partial charge in [-0.05, 0) is 130 Å². The number of benzene rings is 4. The lowest BCUT2D eigenvalue weighted by Gasteiger charge is -2.36. The van der Waals surface area contributed by atoms with Crippen LogP contribution >= 0.6 is 0 Å². The Morgan fingerprint density at radius 3 is 1.81 bits per heavy atom. The summed E-state index contributed by atoms with van der Waals surface area (Å²) in [5.41, 5.74) is 3.55. The van der Waals surface area contributed by atoms with Crippen molar-refractivity contribution in [3.8, 4) is 0 Å². The standard InChI is InChI=1S/C58H68F4N9O4/c1-33(2)26-52(72)69-22-10-16-50(69)55-63-44-29-38(40(59)31-46(44)65-55)48-18-19-49(71(48)37-27-42(61)54(43(62)28-37)68-24-20-36(21-25-68)15-9-14-35-12-7-6-8-13-35)39-30-45-47(32-41(39)60)66-56(64-45)51-17-11-23-70(51)57(73)53(34(3)4)67-58(74)75-5/h6-8,12-13,26-34,36,48-51,53H,9-11,14-25H2,1-5H3,(H,63,65)(H,64,66)(H,67,74)/t48-,49-,50+,51+,53+/m1/s1. The predicted octanol–water partition coefficient (Wildman–Crippen LogP) is 11.9. The van der Waals surface area contributed by atoms with Crippen LogP contribution in [0.1, 0.15) is 144 Å². The van der Waals surface area contributed by atoms with Gasteiger partial charge in [-0.15, -0.1) is 0 Å². The van der Waals surface area contributed by atoms with E-state index in [2.05, 4.69) is 27.4 Å². The minimum atomic E-state index is -0.841. The molecular weight excluding hydrogens is 963 g/mol. The second-order valence-electron chi connectivity index (χ2n) is 21.8. The Balaban J connectivity index is 0.966. The van der Waals surface area contributed by atoms with E-state index in [1.165, 1.54) is 36.9 Å². The molecule has 4 fully saturated rings. The predicted molar refractivity (Wildman–Crippen MR) is 281 cm³/mol. The van der Waals surface area contributed by atoms with Crippen LogP contribution in [0.2, 0.25) is 0 Å². The molecular formula is C58H68F4N9O4. The normalized spacial score (nSPS) is 20.9. The fraction of sp³-hybridized carbons (Fsp3) is 0.483. The number of amides is 3. The molecule has 3 amide bonds. The molecule has 2 aromatic heterocycles. The molecule has 397 valence electrons. The van der Waals surface area contributed by atoms with Crippen molar-refractivity contribution in [1.82, 2.24) is 35.1 Å². The summed E-state index contributed by atoms with van der Waals surface area (Å²) in [6, 6.07) is 15.8. The molecule has 0 bridgehead atoms. The highest BCUT2D eigenvalue weighted by atomic mass is 19.1. The van der Waals surface area contributed by atoms with Crippen molar-refractivity contribution in [2.24, 2.45) is 17.8 Å². The van der Waals surface area contributed by atoms with E-state index in [1.807, 2.05) is 45.9 Å². The molecule has 4 aliphatic heterocycles. The lowest BCUT2D eigenvalue weighted by molar-refractivity contribution is -0.135. The number of likely N-dealkylation sites (tertiary alicyclic amines) is 2. The van der Waals surface area contributed by atoms with Crippen LogP contribution in [0.5, 0.6) is 0 Å². The van der Waals surface area contributed by atoms with Gasteiger partial charge in [0.25, 0.3) is 0 Å². The SMILES string of the molecule is COC(=O)N[C@H](C(=O)N1CCC[C@H]1c1nc2cc([C@H]3CC[C@H](c4cc5nc([C@@H]6CCCN6C(=O)[CH]C(C)C)[nH]c5cc4F)N3c3cc(F)c(N4CCC(CCCc5ccccc5)CC4)c(F)c3)c(F)cc2[nH]1)C(C)C. The highest BCUT2D eigenvalue weighted by molar-refractivity contribution is 5.87. The highest BCUT2D eigenvalue weighted by Gasteiger charge is 2.42. The van der Waals surface area contributed by atoms with Gasteiger partial charge in [-0.1, -0.05) is 58.0 Å². The molecule has 1 radical (unpaired) electrons. The lowest BCUT2D eigenvalue weighted by atomic mass is 9.90. The van der Waals surface area contributed by atoms with Crippen LogP contribution in [-0.4, -0.2) is 87.0 Å². The molecule has 0 saturated carbocycles. The summed E-state index contributed by atoms with van der Waals surface area (Å²) >= 11 is 0. The molecule has 5 atom stereocenters. The average Bonchev–Trinajstić information content (AvgIpc) is 4.25. The van der Waals surface area contributed by atoms with E-state index in [4.69, 9.17) is 14.7 Å². The topological polar surface area (TPSA) is 143 Å². The molecule has 4 aromatic carbocycles. The van der Waals surface area contributed by atoms with Crippen molar-refractivity contribution in [2.45, 2.75) is 129 Å². The van der Waals surface area contributed by atoms with Gasteiger partial charge in [0.1, 0.15) is 35.0 Å². The number of ether oxygens (including phenoxy) is 1. The molecule has 0 spiro atoms. The third-order valence-electron chi connectivity index (χ3n) is 16.1. The molecule has 4 saturated heterocycles. The van der Waals surface area contributed by atoms with Crippen molar-refractivity contribution in [3.05, 3.63) is 125 Å². The first-order valence-corrected chi connectivity index (χ1v) is 26.9. The Labute approximate surface area is 435 Å². The van der Waals surface area contributed by atoms with E-state index in [0.29, 0.717) is 97.9 Å². The number of halogens is 4. The van der Waals surface area contributed by atoms with Crippen LogP contribution in [0.4, 0.5) is 33.7 Å². The number of carbonyl (C=O) groups excluding carboxylic acids is 3. The summed E-state index contributed by atoms with van der Waals surface area (Å²) in [5, 5.41) is 2.66. The monoisotopic (exact) mass is 1030 g/mol. The van der Waals surface area contributed by atoms with Gasteiger partial charge in [0, 0.05) is 43.0 Å². The number of hydrogen-bond donors (Lipinski definition) is 3. The zero-order valence-electron chi connectivity index (χ0n) is 43.5. The first kappa shape index (κ1) is 51.8. The van der Waals surface area contributed by atoms with Crippen LogP contribution in [-0.2, 0) is 20.7 Å². The molecule has 3 N–H and O–H groups in total. The van der Waals surface area contributed by atoms with Crippen LogP contribution in [0.3, 0.4) is 0 Å². The minimum Gasteiger partial charge on any atom is -0.453 e. The molecule has 75 heavy (non-hydrogen) atoms. The van der Waals surface area contributed by atoms with Crippen LogP contribution in [0.25, 0.3) is 22.1 Å². The fourth-order valence-corrected chi connectivity index (χ4v) is 12.3. The molecule has 10 rings (SSSR count). The molecule has 17 heteroatoms. The third kappa shape index (κ3) is 10.6. The minimum absolute atomic E-state index is 0.0645. The quantitative estimate of drug-likeness (QED) is 0.0863. The molecule has 13 nitrogen and oxygen atoms in total. The van der Waals surface area contributed by atoms with Crippen LogP contribution < -0.4 is 15.1 Å². The van der Waals surface area contributed by atoms with Gasteiger partial charge in [-0.25, -0.2) is 32.3 Å². The first-order valence-electron chi connectivity index (χ1n) is 26.9. The van der Waals surface area contributed by atoms with Gasteiger partial charge >= 0.3 is 6.09 Å². The van der Waals surface area contributed by atoms with Crippen molar-refractivity contribution in [1.29, 1.82) is 0 Å². The van der Waals surface area contributed by atoms with Crippen molar-refractivity contribution < 1.29 is 36.7 Å². The van der Waals surface area contributed by atoms with Crippen molar-refractivity contribution in [2.75, 3.05) is 43.1 Å². The van der Waals surface area contributed by atoms with E-state index in [9.17, 15) is 14.4 Å². The number of rotatable bonds is 15. The number of H-pyrrole nitrogens is 2. The number of nitrogens with one attached hydrogen (secondary N) is 3. The molecule has 4 aliphatic rings. The number of fused-ring (bicyclic) bond motifs is 2. The summed E-state index contributed by atoms with van der Waals surface area (Å²) in [5.74, 6) is -1.71. The zero-order chi connectivity index (χ0) is 52.7. The maximum absolute atomic E-state index is 16.9. The summed E-state index contributed by atoms with van der Waals surface area (Å²) in [6.07, 6.45) is 9.04. The number of aryl methyl sites for hydroxylation is 1. The largest absolute Gasteiger partial charge is 0.453 e. The average molecular weight is 1030 g/mol. The van der Waals surface area contributed by atoms with E-state index in [0.717, 1.165) is 38.5 Å². The second kappa shape index (κ2) is 21.9. The van der Waals surface area contributed by atoms with E-state index in [1.54, 1.807) is 38.2 Å². The van der Waals surface area contributed by atoms with Gasteiger partial charge in [0.05, 0.1) is 59.8 Å². The number of hydrogen-bond acceptors (Lipinski definition) is 8. The zero-order valence-corrected chi connectivity index (χ0v) is 43.5. The van der Waals surface area contributed by atoms with Gasteiger partial charge in [-0.2, -0.15) is 0 Å². The van der Waals surface area contributed by atoms with Crippen LogP contribution in [0, 0.1) is 47.4 Å². The number of aromatic nitrogens is 4. The number of carbonyl (C=O) groups is 3. The molecule has 0 unspecified atom stereocenters. The third-order valence-corrected chi connectivity index (χ3v) is 16.1. The summed E-state index contributed by atoms with van der Waals surface area (Å²) in [7, 11) is 1.24. The number of imidazole rings is 2. The summed E-state index contributed by atoms with van der Waals surface area (Å²) in [4.78, 5) is 62.8. The molecule has 6 aromatic rings. The van der Waals surface area contributed by atoms with E-state index < -0.39 is 53.5 Å². The van der Waals surface area contributed by atoms with Crippen molar-refractivity contribution >= 4 is 51.3 Å². The highest BCUT2D eigenvalue weighted by Crippen LogP contribution is 2.50.